The lowest BCUT2D eigenvalue weighted by atomic mass is 10.0. The molecule has 0 aromatic heterocycles. The quantitative estimate of drug-likeness (QED) is 0.439. The molecule has 3 aliphatic heterocycles. The normalized spacial score (nSPS) is 20.9. The Hall–Kier alpha value is -3.30. The number of carbonyl (C=O) groups is 3. The van der Waals surface area contributed by atoms with E-state index in [4.69, 9.17) is 21.1 Å². The van der Waals surface area contributed by atoms with Crippen LogP contribution >= 0.6 is 11.6 Å². The second kappa shape index (κ2) is 13.3. The van der Waals surface area contributed by atoms with Gasteiger partial charge in [0.15, 0.2) is 0 Å². The van der Waals surface area contributed by atoms with Gasteiger partial charge in [-0.3, -0.25) is 14.5 Å². The Morgan fingerprint density at radius 3 is 2.21 bits per heavy atom. The number of carbonyl (C=O) groups excluding carboxylic acids is 3. The van der Waals surface area contributed by atoms with Gasteiger partial charge in [-0.25, -0.2) is 4.79 Å². The Morgan fingerprint density at radius 1 is 0.952 bits per heavy atom. The van der Waals surface area contributed by atoms with E-state index in [2.05, 4.69) is 4.90 Å². The maximum atomic E-state index is 13.4. The van der Waals surface area contributed by atoms with Crippen LogP contribution in [-0.4, -0.2) is 98.2 Å². The van der Waals surface area contributed by atoms with Crippen LogP contribution in [0.4, 0.5) is 10.5 Å². The summed E-state index contributed by atoms with van der Waals surface area (Å²) in [4.78, 5) is 46.0. The lowest BCUT2D eigenvalue weighted by Crippen LogP contribution is -2.43. The predicted molar refractivity (Wildman–Crippen MR) is 162 cm³/mol. The van der Waals surface area contributed by atoms with Crippen molar-refractivity contribution in [3.05, 3.63) is 58.6 Å². The number of halogens is 1. The molecule has 3 fully saturated rings. The van der Waals surface area contributed by atoms with Crippen LogP contribution in [0.15, 0.2) is 42.5 Å². The summed E-state index contributed by atoms with van der Waals surface area (Å²) in [6.45, 7) is 9.53. The van der Waals surface area contributed by atoms with Crippen molar-refractivity contribution in [2.24, 2.45) is 11.8 Å². The molecule has 3 amide bonds. The Labute approximate surface area is 253 Å². The fraction of sp³-hybridized carbons (Fsp3) is 0.531. The van der Waals surface area contributed by atoms with Gasteiger partial charge in [-0.15, -0.1) is 0 Å². The molecule has 0 N–H and O–H groups in total. The number of aryl methyl sites for hydroxylation is 1. The van der Waals surface area contributed by atoms with Crippen molar-refractivity contribution >= 4 is 35.2 Å². The fourth-order valence-electron chi connectivity index (χ4n) is 6.38. The summed E-state index contributed by atoms with van der Waals surface area (Å²) in [5.74, 6) is 1.80. The molecule has 5 rings (SSSR count). The van der Waals surface area contributed by atoms with Gasteiger partial charge in [0.05, 0.1) is 7.11 Å². The number of anilines is 1. The molecule has 10 heteroatoms. The highest BCUT2D eigenvalue weighted by Gasteiger charge is 2.41. The number of piperidine rings is 1. The zero-order chi connectivity index (χ0) is 29.8. The Bertz CT molecular complexity index is 1270. The van der Waals surface area contributed by atoms with Crippen LogP contribution in [0.25, 0.3) is 0 Å². The molecule has 226 valence electrons. The molecular weight excluding hydrogens is 556 g/mol. The summed E-state index contributed by atoms with van der Waals surface area (Å²) in [6.07, 6.45) is 1.49. The number of rotatable bonds is 8. The maximum absolute atomic E-state index is 13.4. The molecule has 9 nitrogen and oxygen atoms in total. The molecule has 2 atom stereocenters. The highest BCUT2D eigenvalue weighted by molar-refractivity contribution is 6.31. The van der Waals surface area contributed by atoms with Crippen molar-refractivity contribution in [3.8, 4) is 5.75 Å². The molecule has 2 unspecified atom stereocenters. The second-order valence-corrected chi connectivity index (χ2v) is 12.2. The van der Waals surface area contributed by atoms with E-state index in [0.29, 0.717) is 54.9 Å². The molecule has 0 aliphatic carbocycles. The monoisotopic (exact) mass is 596 g/mol. The molecule has 2 aromatic carbocycles. The van der Waals surface area contributed by atoms with Gasteiger partial charge < -0.3 is 24.2 Å². The molecule has 2 aromatic rings. The van der Waals surface area contributed by atoms with Gasteiger partial charge in [-0.05, 0) is 73.7 Å². The first kappa shape index (κ1) is 30.2. The van der Waals surface area contributed by atoms with Crippen LogP contribution in [0.2, 0.25) is 5.02 Å². The summed E-state index contributed by atoms with van der Waals surface area (Å²) in [6, 6.07) is 13.0. The number of nitrogens with zero attached hydrogens (tertiary/aromatic N) is 4. The molecule has 3 heterocycles. The first-order valence-corrected chi connectivity index (χ1v) is 15.2. The summed E-state index contributed by atoms with van der Waals surface area (Å²) < 4.78 is 11.1. The van der Waals surface area contributed by atoms with Crippen molar-refractivity contribution in [2.75, 3.05) is 64.4 Å². The molecular formula is C32H41ClN4O5. The van der Waals surface area contributed by atoms with E-state index in [0.717, 1.165) is 56.1 Å². The van der Waals surface area contributed by atoms with Gasteiger partial charge in [-0.2, -0.15) is 0 Å². The van der Waals surface area contributed by atoms with Gasteiger partial charge >= 0.3 is 6.09 Å². The average molecular weight is 597 g/mol. The number of ether oxygens (including phenoxy) is 2. The SMILES string of the molecule is COc1ccc(C(=O)N2CC3CN(CCCN(C(=O)OC4CCN(C(C)=O)CC4)c4ccc(C)c(Cl)c4)CC3C2)cc1. The second-order valence-electron chi connectivity index (χ2n) is 11.7. The maximum Gasteiger partial charge on any atom is 0.414 e. The van der Waals surface area contributed by atoms with Crippen molar-refractivity contribution in [1.82, 2.24) is 14.7 Å². The zero-order valence-electron chi connectivity index (χ0n) is 24.8. The van der Waals surface area contributed by atoms with E-state index >= 15 is 0 Å². The first-order valence-electron chi connectivity index (χ1n) is 14.9. The average Bonchev–Trinajstić information content (AvgIpc) is 3.56. The zero-order valence-corrected chi connectivity index (χ0v) is 25.5. The van der Waals surface area contributed by atoms with E-state index in [1.807, 2.05) is 54.3 Å². The number of amides is 3. The van der Waals surface area contributed by atoms with E-state index in [1.54, 1.807) is 23.8 Å². The van der Waals surface area contributed by atoms with Gasteiger partial charge in [-0.1, -0.05) is 17.7 Å². The minimum Gasteiger partial charge on any atom is -0.497 e. The third kappa shape index (κ3) is 7.01. The molecule has 0 bridgehead atoms. The van der Waals surface area contributed by atoms with Crippen molar-refractivity contribution < 1.29 is 23.9 Å². The van der Waals surface area contributed by atoms with E-state index in [-0.39, 0.29) is 24.0 Å². The van der Waals surface area contributed by atoms with Crippen LogP contribution < -0.4 is 9.64 Å². The number of likely N-dealkylation sites (tertiary alicyclic amines) is 3. The number of methoxy groups -OCH3 is 1. The van der Waals surface area contributed by atoms with Crippen molar-refractivity contribution in [1.29, 1.82) is 0 Å². The molecule has 0 radical (unpaired) electrons. The summed E-state index contributed by atoms with van der Waals surface area (Å²) in [7, 11) is 1.62. The summed E-state index contributed by atoms with van der Waals surface area (Å²) in [5.41, 5.74) is 2.37. The fourth-order valence-corrected chi connectivity index (χ4v) is 6.55. The highest BCUT2D eigenvalue weighted by atomic mass is 35.5. The highest BCUT2D eigenvalue weighted by Crippen LogP contribution is 2.32. The molecule has 3 aliphatic rings. The van der Waals surface area contributed by atoms with Gasteiger partial charge in [0.1, 0.15) is 11.9 Å². The number of hydrogen-bond acceptors (Lipinski definition) is 6. The Balaban J connectivity index is 1.13. The van der Waals surface area contributed by atoms with Crippen LogP contribution in [0, 0.1) is 18.8 Å². The largest absolute Gasteiger partial charge is 0.497 e. The third-order valence-corrected chi connectivity index (χ3v) is 9.29. The van der Waals surface area contributed by atoms with E-state index in [9.17, 15) is 14.4 Å². The van der Waals surface area contributed by atoms with Crippen LogP contribution in [-0.2, 0) is 9.53 Å². The first-order chi connectivity index (χ1) is 20.2. The van der Waals surface area contributed by atoms with Gasteiger partial charge in [0, 0.05) is 81.9 Å². The Kier molecular flexibility index (Phi) is 9.58. The lowest BCUT2D eigenvalue weighted by molar-refractivity contribution is -0.130. The molecule has 42 heavy (non-hydrogen) atoms. The summed E-state index contributed by atoms with van der Waals surface area (Å²) >= 11 is 6.42. The third-order valence-electron chi connectivity index (χ3n) is 8.88. The van der Waals surface area contributed by atoms with Crippen molar-refractivity contribution in [3.63, 3.8) is 0 Å². The van der Waals surface area contributed by atoms with E-state index in [1.165, 1.54) is 0 Å². The lowest BCUT2D eigenvalue weighted by Gasteiger charge is -2.32. The summed E-state index contributed by atoms with van der Waals surface area (Å²) in [5, 5.41) is 0.612. The smallest absolute Gasteiger partial charge is 0.414 e. The number of benzene rings is 2. The molecule has 0 saturated carbocycles. The standard InChI is InChI=1S/C32H41ClN4O5/c1-22-5-8-27(17-30(22)33)37(32(40)42-29-11-15-35(16-12-29)23(2)38)14-4-13-34-18-25-20-36(21-26(25)19-34)31(39)24-6-9-28(41-3)10-7-24/h5-10,17,25-26,29H,4,11-16,18-21H2,1-3H3. The van der Waals surface area contributed by atoms with Crippen LogP contribution in [0.3, 0.4) is 0 Å². The van der Waals surface area contributed by atoms with Crippen LogP contribution in [0.5, 0.6) is 5.75 Å². The minimum absolute atomic E-state index is 0.0540. The minimum atomic E-state index is -0.373. The topological polar surface area (TPSA) is 82.6 Å². The number of fused-ring (bicyclic) bond motifs is 1. The molecule has 0 spiro atoms. The Morgan fingerprint density at radius 2 is 1.62 bits per heavy atom. The van der Waals surface area contributed by atoms with E-state index < -0.39 is 0 Å². The predicted octanol–water partition coefficient (Wildman–Crippen LogP) is 4.71. The van der Waals surface area contributed by atoms with Crippen molar-refractivity contribution in [2.45, 2.75) is 39.2 Å². The number of hydrogen-bond donors (Lipinski definition) is 0. The molecule has 3 saturated heterocycles. The van der Waals surface area contributed by atoms with Gasteiger partial charge in [0.2, 0.25) is 5.91 Å². The van der Waals surface area contributed by atoms with Gasteiger partial charge in [0.25, 0.3) is 5.91 Å². The van der Waals surface area contributed by atoms with Crippen LogP contribution in [0.1, 0.15) is 42.1 Å².